The highest BCUT2D eigenvalue weighted by Crippen LogP contribution is 2.29. The Kier molecular flexibility index (Phi) is 2.86. The van der Waals surface area contributed by atoms with Gasteiger partial charge in [-0.2, -0.15) is 5.26 Å². The topological polar surface area (TPSA) is 23.8 Å². The molecule has 0 N–H and O–H groups in total. The van der Waals surface area contributed by atoms with Crippen molar-refractivity contribution in [1.82, 2.24) is 0 Å². The Balaban J connectivity index is 0.000000810. The maximum Gasteiger partial charge on any atom is 0.166 e. The van der Waals surface area contributed by atoms with Crippen LogP contribution in [0.5, 0.6) is 0 Å². The summed E-state index contributed by atoms with van der Waals surface area (Å²) in [4.78, 5) is 0. The molecule has 0 aromatic heterocycles. The molecule has 0 spiro atoms. The molecule has 0 aromatic carbocycles. The van der Waals surface area contributed by atoms with Gasteiger partial charge in [-0.25, -0.2) is 0 Å². The second-order valence-corrected chi connectivity index (χ2v) is 3.33. The zero-order valence-electron chi connectivity index (χ0n) is 6.09. The molecule has 1 aliphatic rings. The van der Waals surface area contributed by atoms with Crippen LogP contribution in [0.25, 0.3) is 0 Å². The lowest BCUT2D eigenvalue weighted by molar-refractivity contribution is -0.894. The molecule has 0 amide bonds. The van der Waals surface area contributed by atoms with Gasteiger partial charge >= 0.3 is 0 Å². The van der Waals surface area contributed by atoms with Crippen molar-refractivity contribution in [3.05, 3.63) is 0 Å². The molecule has 0 aromatic rings. The minimum absolute atomic E-state index is 0. The Bertz CT molecular complexity index is 140. The summed E-state index contributed by atoms with van der Waals surface area (Å²) in [5.41, 5.74) is 0. The van der Waals surface area contributed by atoms with Crippen LogP contribution in [0.3, 0.4) is 0 Å². The van der Waals surface area contributed by atoms with E-state index in [0.717, 1.165) is 10.5 Å². The van der Waals surface area contributed by atoms with Gasteiger partial charge in [-0.1, -0.05) is 7.43 Å². The molecule has 0 atom stereocenters. The molecule has 1 fully saturated rings. The van der Waals surface area contributed by atoms with Gasteiger partial charge in [0.2, 0.25) is 0 Å². The molecule has 0 bridgehead atoms. The number of quaternary nitrogens is 1. The molecule has 1 rings (SSSR count). The van der Waals surface area contributed by atoms with Crippen LogP contribution in [0.4, 0.5) is 0 Å². The van der Waals surface area contributed by atoms with Gasteiger partial charge in [0.25, 0.3) is 0 Å². The Morgan fingerprint density at radius 1 is 1.50 bits per heavy atom. The Hall–Kier alpha value is -0.550. The molecule has 0 heterocycles. The fourth-order valence-corrected chi connectivity index (χ4v) is 1.08. The monoisotopic (exact) mass is 141 g/mol. The van der Waals surface area contributed by atoms with Gasteiger partial charge in [-0.05, 0) is 0 Å². The number of nitrogens with zero attached hydrogens (tertiary/aromatic N) is 2. The Morgan fingerprint density at radius 3 is 2.30 bits per heavy atom. The van der Waals surface area contributed by atoms with Gasteiger partial charge in [-0.3, -0.25) is 0 Å². The number of rotatable bonds is 2. The highest BCUT2D eigenvalue weighted by atomic mass is 15.3. The van der Waals surface area contributed by atoms with Gasteiger partial charge in [0, 0.05) is 12.8 Å². The minimum Gasteiger partial charge on any atom is -0.314 e. The molecule has 0 radical (unpaired) electrons. The lowest BCUT2D eigenvalue weighted by atomic mass is 10.4. The summed E-state index contributed by atoms with van der Waals surface area (Å²) in [5, 5.41) is 8.41. The molecular weight excluding hydrogens is 124 g/mol. The third-order valence-electron chi connectivity index (χ3n) is 2.01. The van der Waals surface area contributed by atoms with Crippen LogP contribution in [0.2, 0.25) is 0 Å². The molecule has 2 heteroatoms. The van der Waals surface area contributed by atoms with Gasteiger partial charge in [0.1, 0.15) is 6.07 Å². The maximum atomic E-state index is 8.41. The second-order valence-electron chi connectivity index (χ2n) is 3.33. The molecule has 58 valence electrons. The highest BCUT2D eigenvalue weighted by molar-refractivity contribution is 4.78. The summed E-state index contributed by atoms with van der Waals surface area (Å²) in [6.45, 7) is 0.657. The zero-order chi connectivity index (χ0) is 6.91. The fraction of sp³-hybridized carbons (Fsp3) is 0.875. The summed E-state index contributed by atoms with van der Waals surface area (Å²) in [5.74, 6) is 0. The first-order chi connectivity index (χ1) is 4.17. The number of hydrogen-bond donors (Lipinski definition) is 0. The van der Waals surface area contributed by atoms with E-state index in [0.29, 0.717) is 6.54 Å². The summed E-state index contributed by atoms with van der Waals surface area (Å²) >= 11 is 0. The van der Waals surface area contributed by atoms with E-state index in [-0.39, 0.29) is 7.43 Å². The first-order valence-electron chi connectivity index (χ1n) is 3.36. The average Bonchev–Trinajstić information content (AvgIpc) is 2.41. The molecule has 0 saturated heterocycles. The summed E-state index contributed by atoms with van der Waals surface area (Å²) in [6, 6.07) is 2.98. The van der Waals surface area contributed by atoms with Crippen molar-refractivity contribution in [2.75, 3.05) is 20.6 Å². The normalized spacial score (nSPS) is 17.3. The van der Waals surface area contributed by atoms with Crippen LogP contribution in [0.15, 0.2) is 0 Å². The third-order valence-corrected chi connectivity index (χ3v) is 2.01. The first-order valence-corrected chi connectivity index (χ1v) is 3.36. The Labute approximate surface area is 63.7 Å². The lowest BCUT2D eigenvalue weighted by Gasteiger charge is -2.26. The standard InChI is InChI=1S/C7H13N2.CH4/c1-9(2,6-5-8)7-3-4-7;/h7H,3-4,6H2,1-2H3;1H4/q+1;. The molecule has 1 saturated carbocycles. The van der Waals surface area contributed by atoms with Crippen molar-refractivity contribution in [1.29, 1.82) is 5.26 Å². The van der Waals surface area contributed by atoms with Crippen LogP contribution < -0.4 is 0 Å². The number of hydrogen-bond acceptors (Lipinski definition) is 1. The van der Waals surface area contributed by atoms with Crippen molar-refractivity contribution in [2.24, 2.45) is 0 Å². The third kappa shape index (κ3) is 2.00. The van der Waals surface area contributed by atoms with Crippen LogP contribution in [0, 0.1) is 11.3 Å². The van der Waals surface area contributed by atoms with Gasteiger partial charge in [0.05, 0.1) is 20.1 Å². The van der Waals surface area contributed by atoms with E-state index in [1.807, 2.05) is 0 Å². The Morgan fingerprint density at radius 2 is 2.00 bits per heavy atom. The lowest BCUT2D eigenvalue weighted by Crippen LogP contribution is -2.41. The predicted molar refractivity (Wildman–Crippen MR) is 42.3 cm³/mol. The van der Waals surface area contributed by atoms with Crippen molar-refractivity contribution < 1.29 is 4.48 Å². The smallest absolute Gasteiger partial charge is 0.166 e. The van der Waals surface area contributed by atoms with Crippen LogP contribution in [-0.4, -0.2) is 31.2 Å². The largest absolute Gasteiger partial charge is 0.314 e. The van der Waals surface area contributed by atoms with Gasteiger partial charge in [-0.15, -0.1) is 0 Å². The van der Waals surface area contributed by atoms with Crippen molar-refractivity contribution in [3.8, 4) is 6.07 Å². The molecule has 2 nitrogen and oxygen atoms in total. The van der Waals surface area contributed by atoms with E-state index in [9.17, 15) is 0 Å². The van der Waals surface area contributed by atoms with Crippen LogP contribution in [-0.2, 0) is 0 Å². The molecule has 0 aliphatic heterocycles. The molecular formula is C8H17N2+. The van der Waals surface area contributed by atoms with E-state index in [2.05, 4.69) is 20.2 Å². The molecule has 1 aliphatic carbocycles. The predicted octanol–water partition coefficient (Wildman–Crippen LogP) is 1.38. The minimum atomic E-state index is 0. The van der Waals surface area contributed by atoms with E-state index in [1.165, 1.54) is 12.8 Å². The SMILES string of the molecule is C.C[N+](C)(CC#N)C1CC1. The van der Waals surface area contributed by atoms with Crippen molar-refractivity contribution >= 4 is 0 Å². The first kappa shape index (κ1) is 9.45. The molecule has 0 unspecified atom stereocenters. The van der Waals surface area contributed by atoms with Gasteiger partial charge in [0.15, 0.2) is 6.54 Å². The second kappa shape index (κ2) is 3.03. The quantitative estimate of drug-likeness (QED) is 0.421. The maximum absolute atomic E-state index is 8.41. The van der Waals surface area contributed by atoms with E-state index in [1.54, 1.807) is 0 Å². The van der Waals surface area contributed by atoms with E-state index < -0.39 is 0 Å². The molecule has 10 heavy (non-hydrogen) atoms. The highest BCUT2D eigenvalue weighted by Gasteiger charge is 2.37. The summed E-state index contributed by atoms with van der Waals surface area (Å²) in [6.07, 6.45) is 2.63. The van der Waals surface area contributed by atoms with E-state index >= 15 is 0 Å². The van der Waals surface area contributed by atoms with Crippen LogP contribution in [0.1, 0.15) is 20.3 Å². The number of nitriles is 1. The van der Waals surface area contributed by atoms with E-state index in [4.69, 9.17) is 5.26 Å². The zero-order valence-corrected chi connectivity index (χ0v) is 6.09. The van der Waals surface area contributed by atoms with Crippen molar-refractivity contribution in [3.63, 3.8) is 0 Å². The summed E-state index contributed by atoms with van der Waals surface area (Å²) < 4.78 is 0.899. The summed E-state index contributed by atoms with van der Waals surface area (Å²) in [7, 11) is 4.25. The average molecular weight is 141 g/mol. The van der Waals surface area contributed by atoms with Crippen molar-refractivity contribution in [2.45, 2.75) is 26.3 Å². The van der Waals surface area contributed by atoms with Gasteiger partial charge < -0.3 is 4.48 Å². The fourth-order valence-electron chi connectivity index (χ4n) is 1.08. The van der Waals surface area contributed by atoms with Crippen LogP contribution >= 0.6 is 0 Å².